The zero-order valence-corrected chi connectivity index (χ0v) is 5.12. The molecular weight excluding hydrogens is 112 g/mol. The van der Waals surface area contributed by atoms with Crippen LogP contribution in [0, 0.1) is 11.3 Å². The van der Waals surface area contributed by atoms with Gasteiger partial charge in [0.2, 0.25) is 0 Å². The second-order valence-corrected chi connectivity index (χ2v) is 2.09. The van der Waals surface area contributed by atoms with E-state index in [2.05, 4.69) is 0 Å². The highest BCUT2D eigenvalue weighted by Gasteiger charge is 2.09. The lowest BCUT2D eigenvalue weighted by atomic mass is 9.97. The number of hydrogen-bond acceptors (Lipinski definition) is 2. The van der Waals surface area contributed by atoms with E-state index >= 15 is 0 Å². The Labute approximate surface area is 54.6 Å². The summed E-state index contributed by atoms with van der Waals surface area (Å²) in [6, 6.07) is 0.00694. The minimum atomic E-state index is 0.00694. The van der Waals surface area contributed by atoms with E-state index in [0.717, 1.165) is 0 Å². The lowest BCUT2D eigenvalue weighted by Gasteiger charge is -2.14. The molecule has 0 amide bonds. The van der Waals surface area contributed by atoms with Gasteiger partial charge in [0.15, 0.2) is 0 Å². The summed E-state index contributed by atoms with van der Waals surface area (Å²) in [5.74, 6) is 0.106. The van der Waals surface area contributed by atoms with Gasteiger partial charge in [-0.2, -0.15) is 0 Å². The molecule has 0 heterocycles. The molecule has 2 atom stereocenters. The first-order valence-electron chi connectivity index (χ1n) is 2.96. The van der Waals surface area contributed by atoms with Crippen LogP contribution < -0.4 is 5.73 Å². The Morgan fingerprint density at radius 3 is 2.44 bits per heavy atom. The van der Waals surface area contributed by atoms with Gasteiger partial charge in [0.05, 0.1) is 0 Å². The first-order valence-corrected chi connectivity index (χ1v) is 2.96. The molecule has 2 nitrogen and oxygen atoms in total. The van der Waals surface area contributed by atoms with Crippen molar-refractivity contribution in [1.29, 1.82) is 5.41 Å². The minimum Gasteiger partial charge on any atom is -0.324 e. The molecule has 0 bridgehead atoms. The first-order chi connectivity index (χ1) is 4.34. The van der Waals surface area contributed by atoms with Gasteiger partial charge >= 0.3 is 0 Å². The molecule has 0 radical (unpaired) electrons. The van der Waals surface area contributed by atoms with Crippen LogP contribution in [0.15, 0.2) is 24.3 Å². The summed E-state index contributed by atoms with van der Waals surface area (Å²) in [6.45, 7) is 0. The normalized spacial score (nSPS) is 32.6. The third-order valence-corrected chi connectivity index (χ3v) is 1.41. The smallest absolute Gasteiger partial charge is 0.0341 e. The summed E-state index contributed by atoms with van der Waals surface area (Å²) in [6.07, 6.45) is 9.02. The highest BCUT2D eigenvalue weighted by molar-refractivity contribution is 5.62. The van der Waals surface area contributed by atoms with Gasteiger partial charge in [-0.15, -0.1) is 0 Å². The average molecular weight is 122 g/mol. The van der Waals surface area contributed by atoms with Crippen molar-refractivity contribution in [2.24, 2.45) is 11.7 Å². The Kier molecular flexibility index (Phi) is 1.80. The molecular formula is C7H10N2. The van der Waals surface area contributed by atoms with Crippen molar-refractivity contribution in [3.8, 4) is 0 Å². The highest BCUT2D eigenvalue weighted by Crippen LogP contribution is 2.06. The molecule has 0 aliphatic heterocycles. The second kappa shape index (κ2) is 2.60. The van der Waals surface area contributed by atoms with Gasteiger partial charge in [-0.1, -0.05) is 24.3 Å². The van der Waals surface area contributed by atoms with E-state index in [1.807, 2.05) is 24.3 Å². The van der Waals surface area contributed by atoms with Gasteiger partial charge in [0.25, 0.3) is 0 Å². The lowest BCUT2D eigenvalue weighted by Crippen LogP contribution is -2.28. The number of nitrogens with two attached hydrogens (primary N) is 1. The third kappa shape index (κ3) is 1.27. The quantitative estimate of drug-likeness (QED) is 0.494. The van der Waals surface area contributed by atoms with Crippen LogP contribution >= 0.6 is 0 Å². The predicted octanol–water partition coefficient (Wildman–Crippen LogP) is 0.705. The molecule has 1 aliphatic rings. The maximum absolute atomic E-state index is 6.94. The Morgan fingerprint density at radius 1 is 1.33 bits per heavy atom. The monoisotopic (exact) mass is 122 g/mol. The summed E-state index contributed by atoms with van der Waals surface area (Å²) in [7, 11) is 0. The van der Waals surface area contributed by atoms with Crippen LogP contribution in [0.5, 0.6) is 0 Å². The number of nitrogens with one attached hydrogen (secondary N) is 1. The zero-order chi connectivity index (χ0) is 6.69. The summed E-state index contributed by atoms with van der Waals surface area (Å²) >= 11 is 0. The SMILES string of the molecule is N=C[C@H]1C=CC=C[C@@H]1N. The first kappa shape index (κ1) is 6.23. The minimum absolute atomic E-state index is 0.00694. The van der Waals surface area contributed by atoms with E-state index < -0.39 is 0 Å². The molecule has 0 aromatic carbocycles. The average Bonchev–Trinajstić information content (AvgIpc) is 1.89. The van der Waals surface area contributed by atoms with Gasteiger partial charge in [0.1, 0.15) is 0 Å². The summed E-state index contributed by atoms with van der Waals surface area (Å²) in [5.41, 5.74) is 5.60. The molecule has 0 aromatic heterocycles. The summed E-state index contributed by atoms with van der Waals surface area (Å²) in [4.78, 5) is 0. The van der Waals surface area contributed by atoms with Crippen LogP contribution in [-0.4, -0.2) is 12.3 Å². The summed E-state index contributed by atoms with van der Waals surface area (Å²) in [5, 5.41) is 6.94. The zero-order valence-electron chi connectivity index (χ0n) is 5.12. The van der Waals surface area contributed by atoms with E-state index in [4.69, 9.17) is 11.1 Å². The standard InChI is InChI=1S/C7H10N2/c8-5-6-3-1-2-4-7(6)9/h1-8H,9H2/t6-,7+/m1/s1. The third-order valence-electron chi connectivity index (χ3n) is 1.41. The maximum Gasteiger partial charge on any atom is 0.0341 e. The van der Waals surface area contributed by atoms with Crippen molar-refractivity contribution in [2.75, 3.05) is 0 Å². The second-order valence-electron chi connectivity index (χ2n) is 2.09. The van der Waals surface area contributed by atoms with E-state index in [0.29, 0.717) is 0 Å². The number of rotatable bonds is 1. The van der Waals surface area contributed by atoms with Gasteiger partial charge < -0.3 is 11.1 Å². The van der Waals surface area contributed by atoms with Crippen molar-refractivity contribution in [3.05, 3.63) is 24.3 Å². The fourth-order valence-corrected chi connectivity index (χ4v) is 0.808. The molecule has 48 valence electrons. The molecule has 0 unspecified atom stereocenters. The summed E-state index contributed by atoms with van der Waals surface area (Å²) < 4.78 is 0. The van der Waals surface area contributed by atoms with Gasteiger partial charge in [0, 0.05) is 18.2 Å². The molecule has 0 fully saturated rings. The highest BCUT2D eigenvalue weighted by atomic mass is 14.6. The fraction of sp³-hybridized carbons (Fsp3) is 0.286. The molecule has 0 saturated carbocycles. The van der Waals surface area contributed by atoms with Crippen molar-refractivity contribution in [3.63, 3.8) is 0 Å². The van der Waals surface area contributed by atoms with Crippen molar-refractivity contribution in [1.82, 2.24) is 0 Å². The predicted molar refractivity (Wildman–Crippen MR) is 38.5 cm³/mol. The van der Waals surface area contributed by atoms with Crippen LogP contribution in [0.3, 0.4) is 0 Å². The number of hydrogen-bond donors (Lipinski definition) is 2. The van der Waals surface area contributed by atoms with Crippen LogP contribution in [0.2, 0.25) is 0 Å². The Bertz CT molecular complexity index is 158. The van der Waals surface area contributed by atoms with Crippen molar-refractivity contribution in [2.45, 2.75) is 6.04 Å². The lowest BCUT2D eigenvalue weighted by molar-refractivity contribution is 0.726. The van der Waals surface area contributed by atoms with E-state index in [1.54, 1.807) is 0 Å². The van der Waals surface area contributed by atoms with Crippen LogP contribution in [0.1, 0.15) is 0 Å². The molecule has 1 aliphatic carbocycles. The van der Waals surface area contributed by atoms with Crippen molar-refractivity contribution >= 4 is 6.21 Å². The topological polar surface area (TPSA) is 49.9 Å². The molecule has 0 aromatic rings. The Morgan fingerprint density at radius 2 is 2.00 bits per heavy atom. The molecule has 1 rings (SSSR count). The molecule has 0 saturated heterocycles. The van der Waals surface area contributed by atoms with Gasteiger partial charge in [-0.25, -0.2) is 0 Å². The molecule has 2 heteroatoms. The van der Waals surface area contributed by atoms with Crippen LogP contribution in [0.25, 0.3) is 0 Å². The van der Waals surface area contributed by atoms with Gasteiger partial charge in [-0.05, 0) is 0 Å². The fourth-order valence-electron chi connectivity index (χ4n) is 0.808. The Hall–Kier alpha value is -0.890. The molecule has 0 spiro atoms. The molecule has 9 heavy (non-hydrogen) atoms. The van der Waals surface area contributed by atoms with Crippen LogP contribution in [0.4, 0.5) is 0 Å². The Balaban J connectivity index is 2.65. The van der Waals surface area contributed by atoms with E-state index in [9.17, 15) is 0 Å². The largest absolute Gasteiger partial charge is 0.324 e. The molecule has 3 N–H and O–H groups in total. The van der Waals surface area contributed by atoms with E-state index in [-0.39, 0.29) is 12.0 Å². The van der Waals surface area contributed by atoms with Crippen molar-refractivity contribution < 1.29 is 0 Å². The maximum atomic E-state index is 6.94. The van der Waals surface area contributed by atoms with Gasteiger partial charge in [-0.3, -0.25) is 0 Å². The van der Waals surface area contributed by atoms with E-state index in [1.165, 1.54) is 6.21 Å². The van der Waals surface area contributed by atoms with Crippen LogP contribution in [-0.2, 0) is 0 Å². The number of allylic oxidation sites excluding steroid dienone is 2.